The van der Waals surface area contributed by atoms with Crippen molar-refractivity contribution in [2.75, 3.05) is 24.5 Å². The van der Waals surface area contributed by atoms with Gasteiger partial charge in [-0.2, -0.15) is 5.26 Å². The molecule has 3 fully saturated rings. The Morgan fingerprint density at radius 2 is 1.84 bits per heavy atom. The molecule has 4 rings (SSSR count). The van der Waals surface area contributed by atoms with Crippen LogP contribution in [0, 0.1) is 17.2 Å². The molecule has 0 aromatic heterocycles. The van der Waals surface area contributed by atoms with Crippen LogP contribution in [0.1, 0.15) is 65.9 Å². The van der Waals surface area contributed by atoms with Crippen LogP contribution in [0.25, 0.3) is 0 Å². The summed E-state index contributed by atoms with van der Waals surface area (Å²) < 4.78 is 5.61. The van der Waals surface area contributed by atoms with E-state index in [2.05, 4.69) is 16.3 Å². The number of fused-ring (bicyclic) bond motifs is 1. The third kappa shape index (κ3) is 6.23. The molecule has 3 heterocycles. The first kappa shape index (κ1) is 27.7. The van der Waals surface area contributed by atoms with Crippen LogP contribution in [-0.2, 0) is 20.7 Å². The zero-order chi connectivity index (χ0) is 27.6. The van der Waals surface area contributed by atoms with Crippen LogP contribution in [0.4, 0.5) is 10.5 Å². The van der Waals surface area contributed by atoms with E-state index in [4.69, 9.17) is 4.74 Å². The average molecular weight is 524 g/mol. The highest BCUT2D eigenvalue weighted by atomic mass is 16.6. The SMILES string of the molecule is C[C@@H]1CC[C@H](C)N(C(=O)OC(C)(C)C)[C@@H]1C(=O)N[C@H](C#N)Cc1ccc(N2CCN3C(=O)CCC3C2)cc1. The monoisotopic (exact) mass is 523 g/mol. The number of carbonyl (C=O) groups is 3. The van der Waals surface area contributed by atoms with Gasteiger partial charge in [0.05, 0.1) is 6.07 Å². The molecule has 9 nitrogen and oxygen atoms in total. The normalized spacial score (nSPS) is 26.4. The van der Waals surface area contributed by atoms with E-state index in [0.717, 1.165) is 50.1 Å². The average Bonchev–Trinajstić information content (AvgIpc) is 3.23. The Balaban J connectivity index is 1.39. The lowest BCUT2D eigenvalue weighted by molar-refractivity contribution is -0.131. The minimum atomic E-state index is -0.716. The second-order valence-electron chi connectivity index (χ2n) is 12.0. The zero-order valence-corrected chi connectivity index (χ0v) is 23.3. The highest BCUT2D eigenvalue weighted by Crippen LogP contribution is 2.30. The largest absolute Gasteiger partial charge is 0.444 e. The number of carbonyl (C=O) groups excluding carboxylic acids is 3. The van der Waals surface area contributed by atoms with Crippen molar-refractivity contribution in [1.29, 1.82) is 5.26 Å². The molecule has 38 heavy (non-hydrogen) atoms. The predicted molar refractivity (Wildman–Crippen MR) is 144 cm³/mol. The molecule has 3 aliphatic heterocycles. The zero-order valence-electron chi connectivity index (χ0n) is 23.3. The number of hydrogen-bond donors (Lipinski definition) is 1. The van der Waals surface area contributed by atoms with Crippen molar-refractivity contribution >= 4 is 23.6 Å². The Morgan fingerprint density at radius 1 is 1.13 bits per heavy atom. The van der Waals surface area contributed by atoms with Crippen LogP contribution >= 0.6 is 0 Å². The van der Waals surface area contributed by atoms with Gasteiger partial charge in [0.1, 0.15) is 17.7 Å². The summed E-state index contributed by atoms with van der Waals surface area (Å²) >= 11 is 0. The first-order valence-corrected chi connectivity index (χ1v) is 13.8. The second kappa shape index (κ2) is 11.2. The molecule has 0 spiro atoms. The number of nitriles is 1. The number of likely N-dealkylation sites (tertiary alicyclic amines) is 1. The van der Waals surface area contributed by atoms with Gasteiger partial charge < -0.3 is 19.9 Å². The van der Waals surface area contributed by atoms with Crippen molar-refractivity contribution in [3.63, 3.8) is 0 Å². The van der Waals surface area contributed by atoms with Gasteiger partial charge in [0.2, 0.25) is 11.8 Å². The smallest absolute Gasteiger partial charge is 0.411 e. The standard InChI is InChI=1S/C29H41N5O4/c1-19-6-7-20(2)34(28(37)38-29(3,4)5)26(19)27(36)31-22(17-30)16-21-8-10-23(11-9-21)32-14-15-33-24(18-32)12-13-25(33)35/h8-11,19-20,22,24,26H,6-7,12-16,18H2,1-5H3,(H,31,36)/t19-,20+,22+,24?,26+/m1/s1. The van der Waals surface area contributed by atoms with Crippen molar-refractivity contribution in [3.8, 4) is 6.07 Å². The molecule has 0 radical (unpaired) electrons. The van der Waals surface area contributed by atoms with Gasteiger partial charge in [0, 0.05) is 50.2 Å². The lowest BCUT2D eigenvalue weighted by Crippen LogP contribution is -2.60. The molecule has 3 amide bonds. The quantitative estimate of drug-likeness (QED) is 0.634. The maximum absolute atomic E-state index is 13.4. The summed E-state index contributed by atoms with van der Waals surface area (Å²) in [7, 11) is 0. The maximum Gasteiger partial charge on any atom is 0.411 e. The van der Waals surface area contributed by atoms with E-state index < -0.39 is 23.8 Å². The molecule has 0 saturated carbocycles. The van der Waals surface area contributed by atoms with Crippen LogP contribution in [-0.4, -0.2) is 77.1 Å². The fourth-order valence-electron chi connectivity index (χ4n) is 5.91. The lowest BCUT2D eigenvalue weighted by Gasteiger charge is -2.43. The summed E-state index contributed by atoms with van der Waals surface area (Å²) in [5.41, 5.74) is 1.38. The molecule has 5 atom stereocenters. The number of amides is 3. The maximum atomic E-state index is 13.4. The molecule has 1 N–H and O–H groups in total. The van der Waals surface area contributed by atoms with E-state index in [0.29, 0.717) is 18.9 Å². The van der Waals surface area contributed by atoms with Crippen LogP contribution < -0.4 is 10.2 Å². The summed E-state index contributed by atoms with van der Waals surface area (Å²) in [6.07, 6.45) is 3.05. The molecular weight excluding hydrogens is 482 g/mol. The Kier molecular flexibility index (Phi) is 8.19. The molecule has 0 aliphatic carbocycles. The van der Waals surface area contributed by atoms with Crippen molar-refractivity contribution in [2.45, 2.75) is 96.5 Å². The van der Waals surface area contributed by atoms with Crippen LogP contribution in [0.3, 0.4) is 0 Å². The summed E-state index contributed by atoms with van der Waals surface area (Å²) in [5.74, 6) is -0.101. The van der Waals surface area contributed by atoms with E-state index in [-0.39, 0.29) is 23.8 Å². The third-order valence-corrected chi connectivity index (χ3v) is 7.93. The number of ether oxygens (including phenoxy) is 1. The lowest BCUT2D eigenvalue weighted by atomic mass is 9.86. The van der Waals surface area contributed by atoms with Crippen LogP contribution in [0.5, 0.6) is 0 Å². The predicted octanol–water partition coefficient (Wildman–Crippen LogP) is 3.47. The molecule has 0 bridgehead atoms. The fraction of sp³-hybridized carbons (Fsp3) is 0.655. The first-order valence-electron chi connectivity index (χ1n) is 13.8. The van der Waals surface area contributed by atoms with Gasteiger partial charge in [-0.3, -0.25) is 14.5 Å². The second-order valence-corrected chi connectivity index (χ2v) is 12.0. The van der Waals surface area contributed by atoms with Crippen molar-refractivity contribution in [1.82, 2.24) is 15.1 Å². The van der Waals surface area contributed by atoms with Gasteiger partial charge in [-0.15, -0.1) is 0 Å². The van der Waals surface area contributed by atoms with E-state index in [1.54, 1.807) is 4.90 Å². The first-order chi connectivity index (χ1) is 18.0. The minimum absolute atomic E-state index is 0.0482. The van der Waals surface area contributed by atoms with Crippen molar-refractivity contribution < 1.29 is 19.1 Å². The van der Waals surface area contributed by atoms with E-state index in [1.165, 1.54) is 0 Å². The van der Waals surface area contributed by atoms with E-state index >= 15 is 0 Å². The molecular formula is C29H41N5O4. The summed E-state index contributed by atoms with van der Waals surface area (Å²) in [4.78, 5) is 44.3. The fourth-order valence-corrected chi connectivity index (χ4v) is 5.91. The summed E-state index contributed by atoms with van der Waals surface area (Å²) in [6.45, 7) is 11.7. The number of nitrogens with zero attached hydrogens (tertiary/aromatic N) is 4. The Labute approximate surface area is 226 Å². The molecule has 206 valence electrons. The number of anilines is 1. The van der Waals surface area contributed by atoms with Crippen molar-refractivity contribution in [3.05, 3.63) is 29.8 Å². The van der Waals surface area contributed by atoms with Gasteiger partial charge in [-0.05, 0) is 70.6 Å². The Hall–Kier alpha value is -3.28. The molecule has 1 unspecified atom stereocenters. The van der Waals surface area contributed by atoms with Gasteiger partial charge in [-0.1, -0.05) is 19.1 Å². The van der Waals surface area contributed by atoms with E-state index in [1.807, 2.05) is 63.8 Å². The summed E-state index contributed by atoms with van der Waals surface area (Å²) in [6, 6.07) is 9.07. The minimum Gasteiger partial charge on any atom is -0.444 e. The van der Waals surface area contributed by atoms with Gasteiger partial charge in [-0.25, -0.2) is 4.79 Å². The van der Waals surface area contributed by atoms with Gasteiger partial charge in [0.25, 0.3) is 0 Å². The van der Waals surface area contributed by atoms with Crippen LogP contribution in [0.15, 0.2) is 24.3 Å². The molecule has 3 saturated heterocycles. The molecule has 9 heteroatoms. The third-order valence-electron chi connectivity index (χ3n) is 7.93. The Morgan fingerprint density at radius 3 is 2.50 bits per heavy atom. The highest BCUT2D eigenvalue weighted by molar-refractivity contribution is 5.87. The topological polar surface area (TPSA) is 106 Å². The number of piperidine rings is 1. The number of nitrogens with one attached hydrogen (secondary N) is 1. The number of hydrogen-bond acceptors (Lipinski definition) is 6. The van der Waals surface area contributed by atoms with Gasteiger partial charge >= 0.3 is 6.09 Å². The summed E-state index contributed by atoms with van der Waals surface area (Å²) in [5, 5.41) is 12.7. The highest BCUT2D eigenvalue weighted by Gasteiger charge is 2.43. The number of rotatable bonds is 5. The number of benzene rings is 1. The molecule has 3 aliphatic rings. The molecule has 1 aromatic carbocycles. The Bertz CT molecular complexity index is 1080. The number of piperazine rings is 1. The van der Waals surface area contributed by atoms with Gasteiger partial charge in [0.15, 0.2) is 0 Å². The molecule has 1 aromatic rings. The van der Waals surface area contributed by atoms with E-state index in [9.17, 15) is 19.6 Å². The van der Waals surface area contributed by atoms with Crippen molar-refractivity contribution in [2.24, 2.45) is 5.92 Å². The van der Waals surface area contributed by atoms with Crippen LogP contribution in [0.2, 0.25) is 0 Å².